The number of carbonyl (C=O) groups is 1. The highest BCUT2D eigenvalue weighted by atomic mass is 79.9. The van der Waals surface area contributed by atoms with Gasteiger partial charge in [-0.15, -0.1) is 0 Å². The molecule has 1 saturated heterocycles. The Balaban J connectivity index is 1.38. The molecule has 0 spiro atoms. The van der Waals surface area contributed by atoms with Crippen molar-refractivity contribution < 1.29 is 22.7 Å². The molecule has 29 heavy (non-hydrogen) atoms. The molecule has 0 unspecified atom stereocenters. The van der Waals surface area contributed by atoms with Crippen molar-refractivity contribution in [2.75, 3.05) is 19.9 Å². The summed E-state index contributed by atoms with van der Waals surface area (Å²) in [5.74, 6) is 0.851. The third-order valence-electron chi connectivity index (χ3n) is 5.11. The maximum Gasteiger partial charge on any atom is 0.243 e. The van der Waals surface area contributed by atoms with E-state index in [2.05, 4.69) is 21.2 Å². The maximum absolute atomic E-state index is 12.9. The highest BCUT2D eigenvalue weighted by Crippen LogP contribution is 2.32. The number of fused-ring (bicyclic) bond motifs is 1. The second kappa shape index (κ2) is 8.33. The Hall–Kier alpha value is -2.10. The second-order valence-corrected chi connectivity index (χ2v) is 9.92. The first kappa shape index (κ1) is 20.2. The van der Waals surface area contributed by atoms with Crippen LogP contribution in [0.4, 0.5) is 0 Å². The molecule has 1 N–H and O–H groups in total. The SMILES string of the molecule is O=C(NCc1ccc2c(c1)OCO2)[C@H]1CCCN(S(=O)(=O)c2ccc(Br)cc2)C1. The Bertz CT molecular complexity index is 1010. The van der Waals surface area contributed by atoms with E-state index in [9.17, 15) is 13.2 Å². The van der Waals surface area contributed by atoms with E-state index >= 15 is 0 Å². The fraction of sp³-hybridized carbons (Fsp3) is 0.350. The first-order chi connectivity index (χ1) is 13.9. The summed E-state index contributed by atoms with van der Waals surface area (Å²) in [5, 5.41) is 2.92. The van der Waals surface area contributed by atoms with E-state index in [1.165, 1.54) is 4.31 Å². The number of carbonyl (C=O) groups excluding carboxylic acids is 1. The number of sulfonamides is 1. The zero-order valence-corrected chi connectivity index (χ0v) is 18.0. The second-order valence-electron chi connectivity index (χ2n) is 7.06. The fourth-order valence-corrected chi connectivity index (χ4v) is 5.30. The first-order valence-electron chi connectivity index (χ1n) is 9.35. The molecule has 2 aliphatic heterocycles. The van der Waals surface area contributed by atoms with Crippen molar-refractivity contribution in [3.63, 3.8) is 0 Å². The van der Waals surface area contributed by atoms with Gasteiger partial charge in [-0.05, 0) is 54.8 Å². The van der Waals surface area contributed by atoms with Crippen LogP contribution in [0.1, 0.15) is 18.4 Å². The molecule has 4 rings (SSSR count). The minimum Gasteiger partial charge on any atom is -0.454 e. The van der Waals surface area contributed by atoms with Crippen molar-refractivity contribution in [2.24, 2.45) is 5.92 Å². The minimum atomic E-state index is -3.62. The summed E-state index contributed by atoms with van der Waals surface area (Å²) in [5.41, 5.74) is 0.901. The molecule has 0 bridgehead atoms. The quantitative estimate of drug-likeness (QED) is 0.710. The number of halogens is 1. The smallest absolute Gasteiger partial charge is 0.243 e. The van der Waals surface area contributed by atoms with E-state index in [1.54, 1.807) is 24.3 Å². The zero-order valence-electron chi connectivity index (χ0n) is 15.6. The summed E-state index contributed by atoms with van der Waals surface area (Å²) < 4.78 is 38.7. The van der Waals surface area contributed by atoms with Gasteiger partial charge in [-0.2, -0.15) is 4.31 Å². The Morgan fingerprint density at radius 1 is 1.14 bits per heavy atom. The summed E-state index contributed by atoms with van der Waals surface area (Å²) in [6.07, 6.45) is 1.32. The van der Waals surface area contributed by atoms with E-state index in [1.807, 2.05) is 18.2 Å². The van der Waals surface area contributed by atoms with E-state index in [0.29, 0.717) is 37.4 Å². The van der Waals surface area contributed by atoms with Crippen molar-refractivity contribution >= 4 is 31.9 Å². The molecule has 1 atom stereocenters. The average Bonchev–Trinajstić information content (AvgIpc) is 3.20. The van der Waals surface area contributed by atoms with Crippen LogP contribution in [0, 0.1) is 5.92 Å². The van der Waals surface area contributed by atoms with Gasteiger partial charge in [0.1, 0.15) is 0 Å². The lowest BCUT2D eigenvalue weighted by Crippen LogP contribution is -2.45. The van der Waals surface area contributed by atoms with E-state index in [4.69, 9.17) is 9.47 Å². The van der Waals surface area contributed by atoms with Crippen molar-refractivity contribution in [3.8, 4) is 11.5 Å². The third kappa shape index (κ3) is 4.41. The molecule has 1 fully saturated rings. The average molecular weight is 481 g/mol. The number of nitrogens with zero attached hydrogens (tertiary/aromatic N) is 1. The molecule has 0 radical (unpaired) electrons. The molecule has 2 aliphatic rings. The number of benzene rings is 2. The van der Waals surface area contributed by atoms with Gasteiger partial charge in [0.2, 0.25) is 22.7 Å². The van der Waals surface area contributed by atoms with Gasteiger partial charge in [0.25, 0.3) is 0 Å². The summed E-state index contributed by atoms with van der Waals surface area (Å²) in [7, 11) is -3.62. The number of hydrogen-bond acceptors (Lipinski definition) is 5. The number of ether oxygens (including phenoxy) is 2. The largest absolute Gasteiger partial charge is 0.454 e. The first-order valence-corrected chi connectivity index (χ1v) is 11.6. The van der Waals surface area contributed by atoms with Crippen LogP contribution < -0.4 is 14.8 Å². The number of hydrogen-bond donors (Lipinski definition) is 1. The van der Waals surface area contributed by atoms with Crippen LogP contribution in [0.25, 0.3) is 0 Å². The summed E-state index contributed by atoms with van der Waals surface area (Å²) in [4.78, 5) is 12.9. The van der Waals surface area contributed by atoms with Crippen LogP contribution in [0.2, 0.25) is 0 Å². The predicted octanol–water partition coefficient (Wildman–Crippen LogP) is 2.89. The molecule has 0 saturated carbocycles. The van der Waals surface area contributed by atoms with Gasteiger partial charge >= 0.3 is 0 Å². The predicted molar refractivity (Wildman–Crippen MR) is 110 cm³/mol. The van der Waals surface area contributed by atoms with Gasteiger partial charge in [0.05, 0.1) is 10.8 Å². The van der Waals surface area contributed by atoms with E-state index in [0.717, 1.165) is 10.0 Å². The van der Waals surface area contributed by atoms with Crippen molar-refractivity contribution in [3.05, 3.63) is 52.5 Å². The molecule has 0 aromatic heterocycles. The van der Waals surface area contributed by atoms with Crippen molar-refractivity contribution in [2.45, 2.75) is 24.3 Å². The van der Waals surface area contributed by atoms with E-state index < -0.39 is 10.0 Å². The fourth-order valence-electron chi connectivity index (χ4n) is 3.51. The van der Waals surface area contributed by atoms with Crippen LogP contribution in [-0.4, -0.2) is 38.5 Å². The van der Waals surface area contributed by atoms with E-state index in [-0.39, 0.29) is 30.1 Å². The topological polar surface area (TPSA) is 84.9 Å². The summed E-state index contributed by atoms with van der Waals surface area (Å²) in [6.45, 7) is 1.16. The van der Waals surface area contributed by atoms with Crippen LogP contribution in [0.5, 0.6) is 11.5 Å². The zero-order chi connectivity index (χ0) is 20.4. The highest BCUT2D eigenvalue weighted by Gasteiger charge is 2.33. The Morgan fingerprint density at radius 2 is 1.90 bits per heavy atom. The van der Waals surface area contributed by atoms with Crippen molar-refractivity contribution in [1.29, 1.82) is 0 Å². The molecular weight excluding hydrogens is 460 g/mol. The summed E-state index contributed by atoms with van der Waals surface area (Å²) >= 11 is 3.31. The van der Waals surface area contributed by atoms with Crippen LogP contribution in [-0.2, 0) is 21.4 Å². The lowest BCUT2D eigenvalue weighted by Gasteiger charge is -2.31. The normalized spacial score (nSPS) is 19.1. The lowest BCUT2D eigenvalue weighted by molar-refractivity contribution is -0.126. The molecule has 2 aromatic carbocycles. The van der Waals surface area contributed by atoms with Gasteiger partial charge in [0, 0.05) is 24.1 Å². The Labute approximate surface area is 178 Å². The number of piperidine rings is 1. The van der Waals surface area contributed by atoms with Gasteiger partial charge in [0.15, 0.2) is 11.5 Å². The number of nitrogens with one attached hydrogen (secondary N) is 1. The monoisotopic (exact) mass is 480 g/mol. The Morgan fingerprint density at radius 3 is 2.69 bits per heavy atom. The lowest BCUT2D eigenvalue weighted by atomic mass is 9.98. The Kier molecular flexibility index (Phi) is 5.80. The van der Waals surface area contributed by atoms with Gasteiger partial charge < -0.3 is 14.8 Å². The molecule has 2 aromatic rings. The molecule has 0 aliphatic carbocycles. The highest BCUT2D eigenvalue weighted by molar-refractivity contribution is 9.10. The molecule has 7 nitrogen and oxygen atoms in total. The minimum absolute atomic E-state index is 0.140. The molecule has 2 heterocycles. The number of rotatable bonds is 5. The van der Waals surface area contributed by atoms with Crippen LogP contribution >= 0.6 is 15.9 Å². The van der Waals surface area contributed by atoms with Gasteiger partial charge in [-0.1, -0.05) is 22.0 Å². The third-order valence-corrected chi connectivity index (χ3v) is 7.52. The van der Waals surface area contributed by atoms with Gasteiger partial charge in [-0.3, -0.25) is 4.79 Å². The van der Waals surface area contributed by atoms with Crippen LogP contribution in [0.15, 0.2) is 51.8 Å². The van der Waals surface area contributed by atoms with Gasteiger partial charge in [-0.25, -0.2) is 8.42 Å². The summed E-state index contributed by atoms with van der Waals surface area (Å²) in [6, 6.07) is 12.1. The molecular formula is C20H21BrN2O5S. The number of amides is 1. The molecule has 154 valence electrons. The van der Waals surface area contributed by atoms with Crippen LogP contribution in [0.3, 0.4) is 0 Å². The standard InChI is InChI=1S/C20H21BrN2O5S/c21-16-4-6-17(7-5-16)29(25,26)23-9-1-2-15(12-23)20(24)22-11-14-3-8-18-19(10-14)28-13-27-18/h3-8,10,15H,1-2,9,11-13H2,(H,22,24)/t15-/m0/s1. The molecule has 9 heteroatoms. The van der Waals surface area contributed by atoms with Crippen molar-refractivity contribution in [1.82, 2.24) is 9.62 Å². The maximum atomic E-state index is 12.9. The molecule has 1 amide bonds.